The maximum absolute atomic E-state index is 11.4. The van der Waals surface area contributed by atoms with E-state index < -0.39 is 19.5 Å². The predicted octanol–water partition coefficient (Wildman–Crippen LogP) is 4.97. The van der Waals surface area contributed by atoms with Crippen molar-refractivity contribution in [2.75, 3.05) is 6.61 Å². The van der Waals surface area contributed by atoms with Gasteiger partial charge in [-0.05, 0) is 18.2 Å². The van der Waals surface area contributed by atoms with Gasteiger partial charge in [0.05, 0.1) is 13.0 Å². The third kappa shape index (κ3) is 7.14. The standard InChI is InChI=1S/C16H11Cl6N3O5/c1-7(26)30-10-6-8(2-3-9(10)29-5-4-11(27)28)12-23-13(15(17,18)19)25-14(24-12)16(20,21)22/h2-3,6H,4-5H2,1H3,(H,27,28). The molecule has 1 N–H and O–H groups in total. The van der Waals surface area contributed by atoms with Crippen molar-refractivity contribution < 1.29 is 24.2 Å². The molecular formula is C16H11Cl6N3O5. The van der Waals surface area contributed by atoms with E-state index in [-0.39, 0.29) is 47.6 Å². The molecule has 0 spiro atoms. The number of aliphatic carboxylic acids is 1. The minimum absolute atomic E-state index is 0.0170. The number of hydrogen-bond donors (Lipinski definition) is 1. The molecule has 1 aromatic heterocycles. The molecule has 162 valence electrons. The van der Waals surface area contributed by atoms with Crippen molar-refractivity contribution >= 4 is 81.5 Å². The van der Waals surface area contributed by atoms with Crippen LogP contribution in [0.1, 0.15) is 25.0 Å². The summed E-state index contributed by atoms with van der Waals surface area (Å²) in [7, 11) is 0. The molecule has 0 saturated heterocycles. The largest absolute Gasteiger partial charge is 0.489 e. The summed E-state index contributed by atoms with van der Waals surface area (Å²) in [6.45, 7) is 1.03. The van der Waals surface area contributed by atoms with Crippen LogP contribution in [-0.2, 0) is 17.2 Å². The second-order valence-corrected chi connectivity index (χ2v) is 10.1. The third-order valence-corrected chi connectivity index (χ3v) is 4.19. The number of carboxylic acids is 1. The SMILES string of the molecule is CC(=O)Oc1cc(-c2nc(C(Cl)(Cl)Cl)nc(C(Cl)(Cl)Cl)n2)ccc1OCCC(=O)O. The summed E-state index contributed by atoms with van der Waals surface area (Å²) in [5, 5.41) is 8.73. The molecule has 2 aromatic rings. The molecule has 0 amide bonds. The molecule has 30 heavy (non-hydrogen) atoms. The zero-order valence-corrected chi connectivity index (χ0v) is 19.4. The van der Waals surface area contributed by atoms with E-state index in [1.807, 2.05) is 0 Å². The monoisotopic (exact) mass is 535 g/mol. The summed E-state index contributed by atoms with van der Waals surface area (Å²) >= 11 is 35.2. The summed E-state index contributed by atoms with van der Waals surface area (Å²) in [5.74, 6) is -2.23. The van der Waals surface area contributed by atoms with Gasteiger partial charge in [-0.3, -0.25) is 9.59 Å². The van der Waals surface area contributed by atoms with Crippen LogP contribution >= 0.6 is 69.6 Å². The minimum Gasteiger partial charge on any atom is -0.489 e. The van der Waals surface area contributed by atoms with Crippen molar-refractivity contribution in [1.82, 2.24) is 15.0 Å². The average Bonchev–Trinajstić information content (AvgIpc) is 2.60. The number of nitrogens with zero attached hydrogens (tertiary/aromatic N) is 3. The van der Waals surface area contributed by atoms with Crippen LogP contribution in [-0.4, -0.2) is 38.6 Å². The van der Waals surface area contributed by atoms with Crippen molar-refractivity contribution in [2.24, 2.45) is 0 Å². The van der Waals surface area contributed by atoms with E-state index in [1.165, 1.54) is 25.1 Å². The first-order valence-electron chi connectivity index (χ1n) is 7.85. The Bertz CT molecular complexity index is 929. The molecule has 0 bridgehead atoms. The number of hydrogen-bond acceptors (Lipinski definition) is 7. The molecular weight excluding hydrogens is 527 g/mol. The van der Waals surface area contributed by atoms with Gasteiger partial charge in [-0.2, -0.15) is 0 Å². The van der Waals surface area contributed by atoms with Gasteiger partial charge in [-0.25, -0.2) is 15.0 Å². The molecule has 0 radical (unpaired) electrons. The first-order chi connectivity index (χ1) is 13.8. The summed E-state index contributed by atoms with van der Waals surface area (Å²) in [5.41, 5.74) is 0.283. The molecule has 14 heteroatoms. The third-order valence-electron chi connectivity index (χ3n) is 3.17. The van der Waals surface area contributed by atoms with Crippen LogP contribution in [0.4, 0.5) is 0 Å². The molecule has 0 atom stereocenters. The van der Waals surface area contributed by atoms with Crippen molar-refractivity contribution in [3.05, 3.63) is 29.8 Å². The highest BCUT2D eigenvalue weighted by Gasteiger charge is 2.34. The molecule has 0 aliphatic rings. The van der Waals surface area contributed by atoms with Crippen molar-refractivity contribution in [3.8, 4) is 22.9 Å². The number of alkyl halides is 6. The number of carboxylic acid groups (broad SMARTS) is 1. The van der Waals surface area contributed by atoms with E-state index >= 15 is 0 Å². The number of aromatic nitrogens is 3. The van der Waals surface area contributed by atoms with Crippen LogP contribution in [0.2, 0.25) is 0 Å². The molecule has 2 rings (SSSR count). The number of benzene rings is 1. The quantitative estimate of drug-likeness (QED) is 0.312. The van der Waals surface area contributed by atoms with Gasteiger partial charge in [0, 0.05) is 12.5 Å². The Kier molecular flexibility index (Phi) is 8.23. The second kappa shape index (κ2) is 9.89. The number of rotatable bonds is 6. The highest BCUT2D eigenvalue weighted by Crippen LogP contribution is 2.41. The Morgan fingerprint density at radius 1 is 0.967 bits per heavy atom. The Morgan fingerprint density at radius 2 is 1.53 bits per heavy atom. The Morgan fingerprint density at radius 3 is 2.00 bits per heavy atom. The predicted molar refractivity (Wildman–Crippen MR) is 113 cm³/mol. The summed E-state index contributed by atoms with van der Waals surface area (Å²) in [6.07, 6.45) is -0.256. The van der Waals surface area contributed by atoms with E-state index in [2.05, 4.69) is 15.0 Å². The Balaban J connectivity index is 2.54. The zero-order chi connectivity index (χ0) is 22.7. The fraction of sp³-hybridized carbons (Fsp3) is 0.312. The fourth-order valence-electron chi connectivity index (χ4n) is 2.01. The molecule has 0 aliphatic carbocycles. The van der Waals surface area contributed by atoms with Gasteiger partial charge in [-0.1, -0.05) is 69.6 Å². The lowest BCUT2D eigenvalue weighted by atomic mass is 10.2. The lowest BCUT2D eigenvalue weighted by molar-refractivity contribution is -0.137. The van der Waals surface area contributed by atoms with Gasteiger partial charge in [0.25, 0.3) is 0 Å². The van der Waals surface area contributed by atoms with Crippen molar-refractivity contribution in [1.29, 1.82) is 0 Å². The van der Waals surface area contributed by atoms with E-state index in [0.29, 0.717) is 0 Å². The van der Waals surface area contributed by atoms with Gasteiger partial charge in [0.15, 0.2) is 29.0 Å². The van der Waals surface area contributed by atoms with Gasteiger partial charge < -0.3 is 14.6 Å². The molecule has 1 aromatic carbocycles. The minimum atomic E-state index is -2.04. The summed E-state index contributed by atoms with van der Waals surface area (Å²) in [4.78, 5) is 34.1. The maximum atomic E-state index is 11.4. The molecule has 8 nitrogen and oxygen atoms in total. The highest BCUT2D eigenvalue weighted by atomic mass is 35.6. The van der Waals surface area contributed by atoms with Crippen LogP contribution in [0.15, 0.2) is 18.2 Å². The number of carbonyl (C=O) groups is 2. The zero-order valence-electron chi connectivity index (χ0n) is 14.8. The number of ether oxygens (including phenoxy) is 2. The first-order valence-corrected chi connectivity index (χ1v) is 10.1. The molecule has 0 fully saturated rings. The van der Waals surface area contributed by atoms with Crippen LogP contribution in [0, 0.1) is 0 Å². The summed E-state index contributed by atoms with van der Waals surface area (Å²) in [6, 6.07) is 4.27. The normalized spacial score (nSPS) is 11.8. The van der Waals surface area contributed by atoms with Gasteiger partial charge in [-0.15, -0.1) is 0 Å². The highest BCUT2D eigenvalue weighted by molar-refractivity contribution is 6.67. The van der Waals surface area contributed by atoms with E-state index in [4.69, 9.17) is 84.2 Å². The van der Waals surface area contributed by atoms with Crippen molar-refractivity contribution in [3.63, 3.8) is 0 Å². The lowest BCUT2D eigenvalue weighted by Crippen LogP contribution is -2.16. The second-order valence-electron chi connectivity index (χ2n) is 5.55. The fourth-order valence-corrected chi connectivity index (χ4v) is 2.51. The van der Waals surface area contributed by atoms with Gasteiger partial charge >= 0.3 is 11.9 Å². The molecule has 0 aliphatic heterocycles. The van der Waals surface area contributed by atoms with Crippen LogP contribution in [0.5, 0.6) is 11.5 Å². The summed E-state index contributed by atoms with van der Waals surface area (Å²) < 4.78 is 6.40. The van der Waals surface area contributed by atoms with E-state index in [1.54, 1.807) is 0 Å². The van der Waals surface area contributed by atoms with E-state index in [0.717, 1.165) is 0 Å². The topological polar surface area (TPSA) is 112 Å². The smallest absolute Gasteiger partial charge is 0.308 e. The molecule has 0 unspecified atom stereocenters. The number of esters is 1. The van der Waals surface area contributed by atoms with Gasteiger partial charge in [0.2, 0.25) is 7.59 Å². The first kappa shape index (κ1) is 25.0. The van der Waals surface area contributed by atoms with Crippen LogP contribution in [0.25, 0.3) is 11.4 Å². The average molecular weight is 538 g/mol. The Labute approximate surface area is 200 Å². The molecule has 1 heterocycles. The van der Waals surface area contributed by atoms with Gasteiger partial charge in [0.1, 0.15) is 0 Å². The maximum Gasteiger partial charge on any atom is 0.308 e. The van der Waals surface area contributed by atoms with E-state index in [9.17, 15) is 9.59 Å². The molecule has 0 saturated carbocycles. The number of halogens is 6. The van der Waals surface area contributed by atoms with Crippen LogP contribution < -0.4 is 9.47 Å². The van der Waals surface area contributed by atoms with Crippen molar-refractivity contribution in [2.45, 2.75) is 20.9 Å². The van der Waals surface area contributed by atoms with Crippen LogP contribution in [0.3, 0.4) is 0 Å². The lowest BCUT2D eigenvalue weighted by Gasteiger charge is -2.16. The Hall–Kier alpha value is -1.29. The number of carbonyl (C=O) groups excluding carboxylic acids is 1.